The number of nitriles is 1. The van der Waals surface area contributed by atoms with Gasteiger partial charge < -0.3 is 10.0 Å². The van der Waals surface area contributed by atoms with Crippen LogP contribution in [-0.2, 0) is 4.79 Å². The van der Waals surface area contributed by atoms with Gasteiger partial charge in [-0.25, -0.2) is 9.18 Å². The third-order valence-corrected chi connectivity index (χ3v) is 4.60. The molecule has 0 saturated carbocycles. The van der Waals surface area contributed by atoms with Crippen molar-refractivity contribution in [2.75, 3.05) is 11.4 Å². The van der Waals surface area contributed by atoms with Crippen molar-refractivity contribution in [3.05, 3.63) is 28.0 Å². The van der Waals surface area contributed by atoms with E-state index in [9.17, 15) is 14.3 Å². The quantitative estimate of drug-likeness (QED) is 0.897. The Kier molecular flexibility index (Phi) is 4.00. The predicted molar refractivity (Wildman–Crippen MR) is 76.1 cm³/mol. The summed E-state index contributed by atoms with van der Waals surface area (Å²) in [7, 11) is 0. The first kappa shape index (κ1) is 14.8. The molecule has 1 aromatic carbocycles. The largest absolute Gasteiger partial charge is 0.480 e. The predicted octanol–water partition coefficient (Wildman–Crippen LogP) is 3.29. The van der Waals surface area contributed by atoms with Crippen LogP contribution in [0.2, 0.25) is 0 Å². The first-order valence-electron chi connectivity index (χ1n) is 6.31. The molecule has 1 heterocycles. The number of hydrogen-bond acceptors (Lipinski definition) is 3. The van der Waals surface area contributed by atoms with E-state index < -0.39 is 17.3 Å². The van der Waals surface area contributed by atoms with E-state index in [1.54, 1.807) is 11.8 Å². The number of benzene rings is 1. The average Bonchev–Trinajstić information content (AvgIpc) is 2.43. The van der Waals surface area contributed by atoms with Gasteiger partial charge in [0, 0.05) is 6.54 Å². The molecule has 1 N–H and O–H groups in total. The number of carboxylic acid groups (broad SMARTS) is 1. The molecule has 1 aromatic rings. The second-order valence-corrected chi connectivity index (χ2v) is 5.85. The van der Waals surface area contributed by atoms with Crippen molar-refractivity contribution in [2.45, 2.75) is 31.7 Å². The van der Waals surface area contributed by atoms with Gasteiger partial charge in [-0.3, -0.25) is 0 Å². The minimum absolute atomic E-state index is 0.0795. The molecular weight excluding hydrogens is 327 g/mol. The van der Waals surface area contributed by atoms with Crippen LogP contribution in [0, 0.1) is 17.1 Å². The Morgan fingerprint density at radius 3 is 2.85 bits per heavy atom. The van der Waals surface area contributed by atoms with Gasteiger partial charge in [0.15, 0.2) is 5.82 Å². The Hall–Kier alpha value is -1.61. The first-order chi connectivity index (χ1) is 9.41. The molecule has 1 fully saturated rings. The molecule has 4 nitrogen and oxygen atoms in total. The van der Waals surface area contributed by atoms with Crippen molar-refractivity contribution in [1.82, 2.24) is 0 Å². The number of carbonyl (C=O) groups is 1. The Bertz CT molecular complexity index is 600. The molecule has 1 aliphatic heterocycles. The minimum Gasteiger partial charge on any atom is -0.480 e. The van der Waals surface area contributed by atoms with Crippen LogP contribution in [0.4, 0.5) is 10.1 Å². The molecular formula is C14H14BrFN2O2. The van der Waals surface area contributed by atoms with Gasteiger partial charge in [0.05, 0.1) is 15.7 Å². The van der Waals surface area contributed by atoms with E-state index in [-0.39, 0.29) is 15.7 Å². The highest BCUT2D eigenvalue weighted by Gasteiger charge is 2.42. The standard InChI is InChI=1S/C14H14BrFN2O2/c1-14(13(19)20)6-2-3-7-18(14)10-5-4-9(8-17)11(15)12(10)16/h4-5H,2-3,6-7H2,1H3,(H,19,20). The van der Waals surface area contributed by atoms with E-state index in [1.807, 2.05) is 6.07 Å². The maximum Gasteiger partial charge on any atom is 0.329 e. The Labute approximate surface area is 124 Å². The molecule has 20 heavy (non-hydrogen) atoms. The maximum absolute atomic E-state index is 14.4. The molecule has 106 valence electrons. The summed E-state index contributed by atoms with van der Waals surface area (Å²) < 4.78 is 14.5. The first-order valence-corrected chi connectivity index (χ1v) is 7.10. The molecule has 1 unspecified atom stereocenters. The van der Waals surface area contributed by atoms with Gasteiger partial charge >= 0.3 is 5.97 Å². The summed E-state index contributed by atoms with van der Waals surface area (Å²) in [6, 6.07) is 4.86. The lowest BCUT2D eigenvalue weighted by atomic mass is 9.87. The number of aliphatic carboxylic acids is 1. The van der Waals surface area contributed by atoms with Crippen molar-refractivity contribution in [3.8, 4) is 6.07 Å². The zero-order valence-corrected chi connectivity index (χ0v) is 12.6. The zero-order chi connectivity index (χ0) is 14.9. The number of piperidine rings is 1. The van der Waals surface area contributed by atoms with Crippen LogP contribution < -0.4 is 4.90 Å². The third kappa shape index (κ3) is 2.27. The normalized spacial score (nSPS) is 22.4. The number of anilines is 1. The van der Waals surface area contributed by atoms with Crippen LogP contribution in [0.15, 0.2) is 16.6 Å². The van der Waals surface area contributed by atoms with Crippen molar-refractivity contribution in [2.24, 2.45) is 0 Å². The summed E-state index contributed by atoms with van der Waals surface area (Å²) in [5.41, 5.74) is -0.701. The monoisotopic (exact) mass is 340 g/mol. The lowest BCUT2D eigenvalue weighted by Gasteiger charge is -2.43. The highest BCUT2D eigenvalue weighted by atomic mass is 79.9. The molecule has 0 radical (unpaired) electrons. The Morgan fingerprint density at radius 2 is 2.25 bits per heavy atom. The van der Waals surface area contributed by atoms with Crippen LogP contribution in [0.5, 0.6) is 0 Å². The minimum atomic E-state index is -1.12. The molecule has 1 aliphatic rings. The van der Waals surface area contributed by atoms with Crippen molar-refractivity contribution in [1.29, 1.82) is 5.26 Å². The van der Waals surface area contributed by atoms with Crippen LogP contribution in [0.25, 0.3) is 0 Å². The third-order valence-electron chi connectivity index (χ3n) is 3.82. The number of rotatable bonds is 2. The van der Waals surface area contributed by atoms with E-state index in [0.29, 0.717) is 13.0 Å². The molecule has 2 rings (SSSR count). The highest BCUT2D eigenvalue weighted by Crippen LogP contribution is 2.37. The Balaban J connectivity index is 2.52. The second kappa shape index (κ2) is 5.41. The van der Waals surface area contributed by atoms with Gasteiger partial charge in [0.2, 0.25) is 0 Å². The molecule has 1 atom stereocenters. The van der Waals surface area contributed by atoms with Gasteiger partial charge in [-0.05, 0) is 54.2 Å². The molecule has 1 saturated heterocycles. The van der Waals surface area contributed by atoms with E-state index in [4.69, 9.17) is 5.26 Å². The molecule has 0 aliphatic carbocycles. The van der Waals surface area contributed by atoms with Crippen molar-refractivity contribution in [3.63, 3.8) is 0 Å². The van der Waals surface area contributed by atoms with Gasteiger partial charge in [-0.15, -0.1) is 0 Å². The fourth-order valence-electron chi connectivity index (χ4n) is 2.56. The highest BCUT2D eigenvalue weighted by molar-refractivity contribution is 9.10. The molecule has 0 aromatic heterocycles. The van der Waals surface area contributed by atoms with Crippen molar-refractivity contribution >= 4 is 27.6 Å². The van der Waals surface area contributed by atoms with Gasteiger partial charge in [-0.2, -0.15) is 5.26 Å². The van der Waals surface area contributed by atoms with Crippen molar-refractivity contribution < 1.29 is 14.3 Å². The van der Waals surface area contributed by atoms with Crippen LogP contribution in [0.1, 0.15) is 31.7 Å². The van der Waals surface area contributed by atoms with E-state index in [1.165, 1.54) is 12.1 Å². The Morgan fingerprint density at radius 1 is 1.55 bits per heavy atom. The fraction of sp³-hybridized carbons (Fsp3) is 0.429. The smallest absolute Gasteiger partial charge is 0.329 e. The summed E-state index contributed by atoms with van der Waals surface area (Å²) in [6.07, 6.45) is 2.09. The number of carboxylic acids is 1. The SMILES string of the molecule is CC1(C(=O)O)CCCCN1c1ccc(C#N)c(Br)c1F. The molecule has 6 heteroatoms. The van der Waals surface area contributed by atoms with Gasteiger partial charge in [0.25, 0.3) is 0 Å². The topological polar surface area (TPSA) is 64.3 Å². The van der Waals surface area contributed by atoms with Crippen LogP contribution >= 0.6 is 15.9 Å². The maximum atomic E-state index is 14.4. The number of hydrogen-bond donors (Lipinski definition) is 1. The number of nitrogens with zero attached hydrogens (tertiary/aromatic N) is 2. The molecule has 0 spiro atoms. The van der Waals surface area contributed by atoms with Crippen LogP contribution in [0.3, 0.4) is 0 Å². The van der Waals surface area contributed by atoms with Gasteiger partial charge in [0.1, 0.15) is 11.6 Å². The summed E-state index contributed by atoms with van der Waals surface area (Å²) in [6.45, 7) is 2.10. The molecule has 0 bridgehead atoms. The zero-order valence-electron chi connectivity index (χ0n) is 11.0. The fourth-order valence-corrected chi connectivity index (χ4v) is 2.99. The second-order valence-electron chi connectivity index (χ2n) is 5.06. The van der Waals surface area contributed by atoms with E-state index in [2.05, 4.69) is 15.9 Å². The number of halogens is 2. The van der Waals surface area contributed by atoms with Gasteiger partial charge in [-0.1, -0.05) is 0 Å². The summed E-state index contributed by atoms with van der Waals surface area (Å²) >= 11 is 3.06. The van der Waals surface area contributed by atoms with E-state index in [0.717, 1.165) is 12.8 Å². The summed E-state index contributed by atoms with van der Waals surface area (Å²) in [4.78, 5) is 13.1. The lowest BCUT2D eigenvalue weighted by molar-refractivity contribution is -0.143. The summed E-state index contributed by atoms with van der Waals surface area (Å²) in [5.74, 6) is -1.55. The average molecular weight is 341 g/mol. The van der Waals surface area contributed by atoms with Crippen LogP contribution in [-0.4, -0.2) is 23.2 Å². The van der Waals surface area contributed by atoms with E-state index >= 15 is 0 Å². The lowest BCUT2D eigenvalue weighted by Crippen LogP contribution is -2.55. The summed E-state index contributed by atoms with van der Waals surface area (Å²) in [5, 5.41) is 18.3. The molecule has 0 amide bonds.